The summed E-state index contributed by atoms with van der Waals surface area (Å²) < 4.78 is 0. The van der Waals surface area contributed by atoms with Crippen molar-refractivity contribution in [1.82, 2.24) is 9.97 Å². The number of nitriles is 1. The maximum atomic E-state index is 10.6. The van der Waals surface area contributed by atoms with E-state index in [1.807, 2.05) is 0 Å². The van der Waals surface area contributed by atoms with Crippen LogP contribution in [0.1, 0.15) is 16.2 Å². The average Bonchev–Trinajstić information content (AvgIpc) is 2.03. The molecule has 0 aliphatic heterocycles. The van der Waals surface area contributed by atoms with Crippen LogP contribution in [0.15, 0.2) is 6.20 Å². The van der Waals surface area contributed by atoms with Crippen molar-refractivity contribution in [1.29, 1.82) is 5.26 Å². The molecule has 0 radical (unpaired) electrons. The SMILES string of the molecule is N#Cc1cnc(C(N)=O)c(Cl)n1. The fourth-order valence-electron chi connectivity index (χ4n) is 0.586. The Bertz CT molecular complexity index is 370. The summed E-state index contributed by atoms with van der Waals surface area (Å²) in [5, 5.41) is 8.21. The molecule has 0 aromatic carbocycles. The number of halogens is 1. The van der Waals surface area contributed by atoms with Gasteiger partial charge in [-0.2, -0.15) is 5.26 Å². The van der Waals surface area contributed by atoms with Gasteiger partial charge in [-0.25, -0.2) is 9.97 Å². The van der Waals surface area contributed by atoms with E-state index < -0.39 is 5.91 Å². The lowest BCUT2D eigenvalue weighted by Gasteiger charge is -1.95. The van der Waals surface area contributed by atoms with Gasteiger partial charge in [0.05, 0.1) is 6.20 Å². The maximum absolute atomic E-state index is 10.6. The standard InChI is InChI=1S/C6H3ClN4O/c7-5-4(6(9)12)10-2-3(1-8)11-5/h2H,(H2,9,12). The van der Waals surface area contributed by atoms with E-state index in [1.165, 1.54) is 0 Å². The number of hydrogen-bond donors (Lipinski definition) is 1. The first-order chi connectivity index (χ1) is 5.65. The molecule has 0 atom stereocenters. The Hall–Kier alpha value is -1.67. The van der Waals surface area contributed by atoms with E-state index in [-0.39, 0.29) is 16.5 Å². The van der Waals surface area contributed by atoms with E-state index in [1.54, 1.807) is 6.07 Å². The van der Waals surface area contributed by atoms with Crippen molar-refractivity contribution in [2.75, 3.05) is 0 Å². The molecule has 0 aliphatic rings. The van der Waals surface area contributed by atoms with Gasteiger partial charge in [-0.05, 0) is 0 Å². The molecule has 2 N–H and O–H groups in total. The lowest BCUT2D eigenvalue weighted by molar-refractivity contribution is 0.0995. The molecule has 0 spiro atoms. The summed E-state index contributed by atoms with van der Waals surface area (Å²) in [4.78, 5) is 17.7. The molecule has 12 heavy (non-hydrogen) atoms. The highest BCUT2D eigenvalue weighted by Gasteiger charge is 2.09. The van der Waals surface area contributed by atoms with Crippen LogP contribution in [0.25, 0.3) is 0 Å². The highest BCUT2D eigenvalue weighted by molar-refractivity contribution is 6.32. The fraction of sp³-hybridized carbons (Fsp3) is 0. The van der Waals surface area contributed by atoms with Crippen molar-refractivity contribution in [2.45, 2.75) is 0 Å². The molecule has 60 valence electrons. The van der Waals surface area contributed by atoms with Crippen molar-refractivity contribution in [3.63, 3.8) is 0 Å². The van der Waals surface area contributed by atoms with Crippen molar-refractivity contribution in [3.8, 4) is 6.07 Å². The van der Waals surface area contributed by atoms with Gasteiger partial charge in [0.2, 0.25) is 0 Å². The zero-order chi connectivity index (χ0) is 9.14. The Morgan fingerprint density at radius 3 is 2.83 bits per heavy atom. The third-order valence-corrected chi connectivity index (χ3v) is 1.34. The first kappa shape index (κ1) is 8.43. The number of carbonyl (C=O) groups is 1. The molecule has 1 aromatic heterocycles. The molecule has 0 bridgehead atoms. The zero-order valence-corrected chi connectivity index (χ0v) is 6.54. The third-order valence-electron chi connectivity index (χ3n) is 1.08. The van der Waals surface area contributed by atoms with E-state index in [0.717, 1.165) is 6.20 Å². The lowest BCUT2D eigenvalue weighted by Crippen LogP contribution is -2.14. The Morgan fingerprint density at radius 1 is 1.75 bits per heavy atom. The van der Waals surface area contributed by atoms with Gasteiger partial charge in [-0.15, -0.1) is 0 Å². The quantitative estimate of drug-likeness (QED) is 0.667. The van der Waals surface area contributed by atoms with Gasteiger partial charge < -0.3 is 5.73 Å². The molecule has 1 heterocycles. The normalized spacial score (nSPS) is 9.00. The Kier molecular flexibility index (Phi) is 2.21. The fourth-order valence-corrected chi connectivity index (χ4v) is 0.819. The van der Waals surface area contributed by atoms with Gasteiger partial charge in [0.1, 0.15) is 6.07 Å². The minimum atomic E-state index is -0.767. The van der Waals surface area contributed by atoms with Gasteiger partial charge >= 0.3 is 0 Å². The van der Waals surface area contributed by atoms with E-state index >= 15 is 0 Å². The summed E-state index contributed by atoms with van der Waals surface area (Å²) in [6, 6.07) is 1.72. The molecular formula is C6H3ClN4O. The summed E-state index contributed by atoms with van der Waals surface area (Å²) in [5.41, 5.74) is 4.81. The van der Waals surface area contributed by atoms with Crippen LogP contribution in [0.4, 0.5) is 0 Å². The molecule has 6 heteroatoms. The predicted octanol–water partition coefficient (Wildman–Crippen LogP) is 0.101. The molecule has 0 saturated carbocycles. The van der Waals surface area contributed by atoms with Crippen molar-refractivity contribution in [2.24, 2.45) is 5.73 Å². The second kappa shape index (κ2) is 3.15. The molecule has 1 rings (SSSR count). The van der Waals surface area contributed by atoms with Crippen LogP contribution < -0.4 is 5.73 Å². The van der Waals surface area contributed by atoms with Crippen molar-refractivity contribution < 1.29 is 4.79 Å². The largest absolute Gasteiger partial charge is 0.364 e. The Morgan fingerprint density at radius 2 is 2.42 bits per heavy atom. The number of carbonyl (C=O) groups excluding carboxylic acids is 1. The van der Waals surface area contributed by atoms with Crippen molar-refractivity contribution >= 4 is 17.5 Å². The van der Waals surface area contributed by atoms with Crippen LogP contribution in [0.5, 0.6) is 0 Å². The van der Waals surface area contributed by atoms with Gasteiger partial charge in [0, 0.05) is 0 Å². The summed E-state index contributed by atoms with van der Waals surface area (Å²) >= 11 is 5.48. The Labute approximate surface area is 72.8 Å². The van der Waals surface area contributed by atoms with E-state index in [2.05, 4.69) is 9.97 Å². The summed E-state index contributed by atoms with van der Waals surface area (Å²) in [6.07, 6.45) is 1.13. The molecular weight excluding hydrogens is 180 g/mol. The molecule has 0 aliphatic carbocycles. The molecule has 1 aromatic rings. The number of nitrogens with zero attached hydrogens (tertiary/aromatic N) is 3. The number of aromatic nitrogens is 2. The lowest BCUT2D eigenvalue weighted by atomic mass is 10.4. The first-order valence-corrected chi connectivity index (χ1v) is 3.25. The minimum Gasteiger partial charge on any atom is -0.364 e. The monoisotopic (exact) mass is 182 g/mol. The summed E-state index contributed by atoms with van der Waals surface area (Å²) in [7, 11) is 0. The smallest absolute Gasteiger partial charge is 0.270 e. The molecule has 0 unspecified atom stereocenters. The molecule has 5 nitrogen and oxygen atoms in total. The number of rotatable bonds is 1. The van der Waals surface area contributed by atoms with Crippen LogP contribution in [0.3, 0.4) is 0 Å². The van der Waals surface area contributed by atoms with Crippen LogP contribution >= 0.6 is 11.6 Å². The van der Waals surface area contributed by atoms with Gasteiger partial charge in [-0.3, -0.25) is 4.79 Å². The van der Waals surface area contributed by atoms with Crippen LogP contribution in [-0.4, -0.2) is 15.9 Å². The molecule has 1 amide bonds. The number of hydrogen-bond acceptors (Lipinski definition) is 4. The molecule has 0 fully saturated rings. The van der Waals surface area contributed by atoms with Crippen LogP contribution in [0, 0.1) is 11.3 Å². The van der Waals surface area contributed by atoms with E-state index in [9.17, 15) is 4.79 Å². The summed E-state index contributed by atoms with van der Waals surface area (Å²) in [6.45, 7) is 0. The second-order valence-electron chi connectivity index (χ2n) is 1.87. The van der Waals surface area contributed by atoms with Crippen LogP contribution in [-0.2, 0) is 0 Å². The van der Waals surface area contributed by atoms with E-state index in [4.69, 9.17) is 22.6 Å². The predicted molar refractivity (Wildman–Crippen MR) is 40.3 cm³/mol. The van der Waals surface area contributed by atoms with Crippen molar-refractivity contribution in [3.05, 3.63) is 22.7 Å². The number of nitrogens with two attached hydrogens (primary N) is 1. The third kappa shape index (κ3) is 1.49. The maximum Gasteiger partial charge on any atom is 0.270 e. The average molecular weight is 183 g/mol. The summed E-state index contributed by atoms with van der Waals surface area (Å²) in [5.74, 6) is -0.767. The molecule has 0 saturated heterocycles. The first-order valence-electron chi connectivity index (χ1n) is 2.87. The van der Waals surface area contributed by atoms with Crippen LogP contribution in [0.2, 0.25) is 5.15 Å². The Balaban J connectivity index is 3.23. The number of primary amides is 1. The topological polar surface area (TPSA) is 92.7 Å². The minimum absolute atomic E-state index is 0.0463. The van der Waals surface area contributed by atoms with Gasteiger partial charge in [-0.1, -0.05) is 11.6 Å². The highest BCUT2D eigenvalue weighted by atomic mass is 35.5. The van der Waals surface area contributed by atoms with Gasteiger partial charge in [0.25, 0.3) is 5.91 Å². The number of amides is 1. The van der Waals surface area contributed by atoms with E-state index in [0.29, 0.717) is 0 Å². The van der Waals surface area contributed by atoms with Gasteiger partial charge in [0.15, 0.2) is 16.5 Å². The highest BCUT2D eigenvalue weighted by Crippen LogP contribution is 2.08. The second-order valence-corrected chi connectivity index (χ2v) is 2.23. The zero-order valence-electron chi connectivity index (χ0n) is 5.78.